The zero-order valence-corrected chi connectivity index (χ0v) is 19.4. The molecule has 0 aromatic heterocycles. The Kier molecular flexibility index (Phi) is 17.6. The molecule has 0 aliphatic rings. The molecule has 0 aliphatic heterocycles. The molecule has 0 spiro atoms. The third kappa shape index (κ3) is 15.9. The number of nitrogens with one attached hydrogen (secondary N) is 3. The molecular formula is C21H32N6O7. The molecule has 0 aromatic carbocycles. The molecule has 0 aliphatic carbocycles. The number of isocyanates is 1. The summed E-state index contributed by atoms with van der Waals surface area (Å²) in [7, 11) is 0. The van der Waals surface area contributed by atoms with Gasteiger partial charge in [0.25, 0.3) is 0 Å². The summed E-state index contributed by atoms with van der Waals surface area (Å²) < 4.78 is 15.7. The van der Waals surface area contributed by atoms with Crippen LogP contribution in [0, 0.1) is 28.1 Å². The van der Waals surface area contributed by atoms with Crippen LogP contribution in [0.5, 0.6) is 0 Å². The molecule has 0 aromatic rings. The number of unbranched alkanes of at least 4 members (excludes halogenated alkanes) is 2. The van der Waals surface area contributed by atoms with Crippen molar-refractivity contribution in [3.63, 3.8) is 0 Å². The van der Waals surface area contributed by atoms with Gasteiger partial charge in [0, 0.05) is 32.5 Å². The van der Waals surface area contributed by atoms with Crippen LogP contribution in [-0.2, 0) is 19.0 Å². The van der Waals surface area contributed by atoms with Gasteiger partial charge in [-0.1, -0.05) is 6.92 Å². The summed E-state index contributed by atoms with van der Waals surface area (Å²) >= 11 is 0. The highest BCUT2D eigenvalue weighted by molar-refractivity contribution is 5.68. The number of alkyl carbamates (subject to hydrolysis) is 3. The van der Waals surface area contributed by atoms with Gasteiger partial charge in [-0.25, -0.2) is 24.2 Å². The van der Waals surface area contributed by atoms with Crippen molar-refractivity contribution in [2.45, 2.75) is 45.4 Å². The number of nitriles is 2. The maximum atomic E-state index is 12.0. The Balaban J connectivity index is 4.84. The van der Waals surface area contributed by atoms with Gasteiger partial charge in [-0.15, -0.1) is 0 Å². The van der Waals surface area contributed by atoms with E-state index in [-0.39, 0.29) is 46.0 Å². The summed E-state index contributed by atoms with van der Waals surface area (Å²) in [6.45, 7) is 2.14. The number of hydrogen-bond acceptors (Lipinski definition) is 10. The van der Waals surface area contributed by atoms with E-state index >= 15 is 0 Å². The van der Waals surface area contributed by atoms with Crippen molar-refractivity contribution in [1.82, 2.24) is 16.0 Å². The lowest BCUT2D eigenvalue weighted by molar-refractivity contribution is -0.0174. The molecule has 0 saturated carbocycles. The molecule has 0 heterocycles. The van der Waals surface area contributed by atoms with Crippen molar-refractivity contribution < 1.29 is 33.4 Å². The van der Waals surface area contributed by atoms with Crippen molar-refractivity contribution in [2.75, 3.05) is 46.0 Å². The lowest BCUT2D eigenvalue weighted by atomic mass is 9.88. The Morgan fingerprint density at radius 2 is 1.21 bits per heavy atom. The number of ether oxygens (including phenoxy) is 3. The van der Waals surface area contributed by atoms with Crippen LogP contribution in [0.15, 0.2) is 4.99 Å². The Bertz CT molecular complexity index is 718. The number of amides is 3. The maximum absolute atomic E-state index is 12.0. The quantitative estimate of drug-likeness (QED) is 0.121. The Hall–Kier alpha value is -3.83. The first-order valence-corrected chi connectivity index (χ1v) is 10.9. The first kappa shape index (κ1) is 30.2. The van der Waals surface area contributed by atoms with Crippen molar-refractivity contribution >= 4 is 24.4 Å². The largest absolute Gasteiger partial charge is 0.449 e. The van der Waals surface area contributed by atoms with Crippen LogP contribution in [0.25, 0.3) is 0 Å². The molecule has 0 unspecified atom stereocenters. The Morgan fingerprint density at radius 1 is 0.794 bits per heavy atom. The van der Waals surface area contributed by atoms with Crippen LogP contribution in [0.3, 0.4) is 0 Å². The summed E-state index contributed by atoms with van der Waals surface area (Å²) in [6.07, 6.45) is 1.55. The first-order valence-electron chi connectivity index (χ1n) is 10.9. The van der Waals surface area contributed by atoms with E-state index in [0.29, 0.717) is 38.5 Å². The average molecular weight is 481 g/mol. The molecule has 0 atom stereocenters. The third-order valence-electron chi connectivity index (χ3n) is 4.53. The van der Waals surface area contributed by atoms with E-state index in [9.17, 15) is 19.2 Å². The zero-order chi connectivity index (χ0) is 25.5. The third-order valence-corrected chi connectivity index (χ3v) is 4.53. The highest BCUT2D eigenvalue weighted by Gasteiger charge is 2.34. The van der Waals surface area contributed by atoms with Crippen LogP contribution < -0.4 is 16.0 Å². The topological polar surface area (TPSA) is 192 Å². The first-order chi connectivity index (χ1) is 16.4. The van der Waals surface area contributed by atoms with E-state index in [2.05, 4.69) is 20.9 Å². The zero-order valence-electron chi connectivity index (χ0n) is 19.4. The molecule has 3 N–H and O–H groups in total. The summed E-state index contributed by atoms with van der Waals surface area (Å²) in [6, 6.07) is 3.94. The van der Waals surface area contributed by atoms with Crippen molar-refractivity contribution in [1.29, 1.82) is 10.5 Å². The van der Waals surface area contributed by atoms with Gasteiger partial charge < -0.3 is 30.2 Å². The summed E-state index contributed by atoms with van der Waals surface area (Å²) in [5, 5.41) is 24.6. The lowest BCUT2D eigenvalue weighted by Crippen LogP contribution is -2.42. The van der Waals surface area contributed by atoms with Gasteiger partial charge in [0.2, 0.25) is 6.08 Å². The summed E-state index contributed by atoms with van der Waals surface area (Å²) in [5.74, 6) is 0. The Labute approximate surface area is 198 Å². The molecule has 13 nitrogen and oxygen atoms in total. The van der Waals surface area contributed by atoms with E-state index in [1.807, 2.05) is 12.1 Å². The SMILES string of the molecule is CCC(COC(=O)NCCCC#N)(COC(=O)NCCCC#N)COC(=O)NCCCN=C=O. The number of nitrogens with zero attached hydrogens (tertiary/aromatic N) is 3. The van der Waals surface area contributed by atoms with Crippen LogP contribution >= 0.6 is 0 Å². The fourth-order valence-electron chi connectivity index (χ4n) is 2.35. The predicted octanol–water partition coefficient (Wildman–Crippen LogP) is 1.89. The van der Waals surface area contributed by atoms with Crippen molar-refractivity contribution in [3.8, 4) is 12.1 Å². The Morgan fingerprint density at radius 3 is 1.56 bits per heavy atom. The van der Waals surface area contributed by atoms with E-state index in [0.717, 1.165) is 0 Å². The van der Waals surface area contributed by atoms with Gasteiger partial charge in [0.05, 0.1) is 24.1 Å². The molecule has 13 heteroatoms. The number of carbonyl (C=O) groups excluding carboxylic acids is 4. The lowest BCUT2D eigenvalue weighted by Gasteiger charge is -2.31. The smallest absolute Gasteiger partial charge is 0.407 e. The minimum atomic E-state index is -1.01. The van der Waals surface area contributed by atoms with Crippen LogP contribution in [-0.4, -0.2) is 70.4 Å². The molecule has 0 rings (SSSR count). The monoisotopic (exact) mass is 480 g/mol. The van der Waals surface area contributed by atoms with Gasteiger partial charge in [-0.2, -0.15) is 10.5 Å². The van der Waals surface area contributed by atoms with Gasteiger partial charge >= 0.3 is 18.3 Å². The molecule has 34 heavy (non-hydrogen) atoms. The summed E-state index contributed by atoms with van der Waals surface area (Å²) in [5.41, 5.74) is -1.01. The van der Waals surface area contributed by atoms with E-state index in [4.69, 9.17) is 24.7 Å². The van der Waals surface area contributed by atoms with Crippen LogP contribution in [0.4, 0.5) is 14.4 Å². The molecule has 0 bridgehead atoms. The highest BCUT2D eigenvalue weighted by atomic mass is 16.6. The molecule has 3 amide bonds. The second kappa shape index (κ2) is 19.8. The van der Waals surface area contributed by atoms with E-state index in [1.54, 1.807) is 6.92 Å². The molecular weight excluding hydrogens is 448 g/mol. The maximum Gasteiger partial charge on any atom is 0.407 e. The second-order valence-electron chi connectivity index (χ2n) is 7.21. The number of aliphatic imine (C=N–C) groups is 1. The molecule has 0 saturated heterocycles. The number of hydrogen-bond donors (Lipinski definition) is 3. The summed E-state index contributed by atoms with van der Waals surface area (Å²) in [4.78, 5) is 49.3. The highest BCUT2D eigenvalue weighted by Crippen LogP contribution is 2.24. The second-order valence-corrected chi connectivity index (χ2v) is 7.21. The molecule has 0 fully saturated rings. The van der Waals surface area contributed by atoms with Crippen molar-refractivity contribution in [2.24, 2.45) is 10.4 Å². The van der Waals surface area contributed by atoms with Gasteiger partial charge in [0.1, 0.15) is 19.8 Å². The van der Waals surface area contributed by atoms with Crippen molar-refractivity contribution in [3.05, 3.63) is 0 Å². The van der Waals surface area contributed by atoms with Gasteiger partial charge in [-0.3, -0.25) is 0 Å². The fourth-order valence-corrected chi connectivity index (χ4v) is 2.35. The van der Waals surface area contributed by atoms with E-state index in [1.165, 1.54) is 6.08 Å². The van der Waals surface area contributed by atoms with Gasteiger partial charge in [-0.05, 0) is 25.7 Å². The molecule has 0 radical (unpaired) electrons. The fraction of sp³-hybridized carbons (Fsp3) is 0.714. The normalized spacial score (nSPS) is 9.97. The van der Waals surface area contributed by atoms with Gasteiger partial charge in [0.15, 0.2) is 0 Å². The molecule has 188 valence electrons. The number of carbonyl (C=O) groups is 3. The van der Waals surface area contributed by atoms with Crippen LogP contribution in [0.1, 0.15) is 45.4 Å². The minimum absolute atomic E-state index is 0.198. The number of rotatable bonds is 17. The standard InChI is InChI=1S/C21H32N6O7/c1-2-21(14-32-18(29)25-11-5-3-8-22,15-33-19(30)26-12-6-4-9-23)16-34-20(31)27-13-7-10-24-17-28/h2-7,10-16H2,1H3,(H,25,29)(H,26,30)(H,27,31). The van der Waals surface area contributed by atoms with Crippen LogP contribution in [0.2, 0.25) is 0 Å². The minimum Gasteiger partial charge on any atom is -0.449 e. The predicted molar refractivity (Wildman–Crippen MR) is 118 cm³/mol. The van der Waals surface area contributed by atoms with E-state index < -0.39 is 23.7 Å². The average Bonchev–Trinajstić information content (AvgIpc) is 2.84.